The number of ether oxygens (including phenoxy) is 7. The average molecular weight is 683 g/mol. The Hall–Kier alpha value is -2.99. The molecule has 3 rings (SSSR count). The molecule has 2 aliphatic heterocycles. The fourth-order valence-electron chi connectivity index (χ4n) is 4.84. The summed E-state index contributed by atoms with van der Waals surface area (Å²) >= 11 is 0. The summed E-state index contributed by atoms with van der Waals surface area (Å²) in [5.74, 6) is -0.154. The van der Waals surface area contributed by atoms with Crippen molar-refractivity contribution in [2.24, 2.45) is 11.3 Å². The molecule has 48 heavy (non-hydrogen) atoms. The first-order valence-electron chi connectivity index (χ1n) is 16.7. The molecule has 1 atom stereocenters. The number of likely N-dealkylation sites (tertiary alicyclic amines) is 1. The molecule has 1 N–H and O–H groups in total. The van der Waals surface area contributed by atoms with Gasteiger partial charge in [0.1, 0.15) is 5.69 Å². The second kappa shape index (κ2) is 22.6. The van der Waals surface area contributed by atoms with Gasteiger partial charge in [0.05, 0.1) is 112 Å². The van der Waals surface area contributed by atoms with Crippen molar-refractivity contribution in [2.75, 3.05) is 112 Å². The summed E-state index contributed by atoms with van der Waals surface area (Å²) in [6, 6.07) is -0.0113. The lowest BCUT2D eigenvalue weighted by atomic mass is 9.80. The molecule has 0 radical (unpaired) electrons. The highest BCUT2D eigenvalue weighted by Crippen LogP contribution is 2.33. The molecule has 0 aliphatic carbocycles. The number of imide groups is 1. The number of rotatable bonds is 26. The van der Waals surface area contributed by atoms with Gasteiger partial charge in [-0.3, -0.25) is 14.5 Å². The van der Waals surface area contributed by atoms with Crippen molar-refractivity contribution in [3.8, 4) is 0 Å². The fourth-order valence-corrected chi connectivity index (χ4v) is 4.84. The van der Waals surface area contributed by atoms with Gasteiger partial charge in [0.2, 0.25) is 0 Å². The van der Waals surface area contributed by atoms with Crippen molar-refractivity contribution in [2.45, 2.75) is 40.3 Å². The van der Waals surface area contributed by atoms with Crippen LogP contribution in [0.15, 0.2) is 18.3 Å². The van der Waals surface area contributed by atoms with Crippen molar-refractivity contribution in [3.05, 3.63) is 24.0 Å². The molecule has 1 fully saturated rings. The van der Waals surface area contributed by atoms with Crippen molar-refractivity contribution in [1.29, 1.82) is 0 Å². The summed E-state index contributed by atoms with van der Waals surface area (Å²) in [7, 11) is 0. The molecule has 0 saturated carbocycles. The molecular weight excluding hydrogens is 628 g/mol. The fraction of sp³-hybridized carbons (Fsp3) is 0.781. The Morgan fingerprint density at radius 2 is 1.25 bits per heavy atom. The van der Waals surface area contributed by atoms with Gasteiger partial charge in [0.15, 0.2) is 0 Å². The first-order chi connectivity index (χ1) is 23.2. The molecule has 0 bridgehead atoms. The highest BCUT2D eigenvalue weighted by Gasteiger charge is 2.33. The van der Waals surface area contributed by atoms with Crippen LogP contribution in [0.3, 0.4) is 0 Å². The minimum absolute atomic E-state index is 0.0113. The molecule has 16 nitrogen and oxygen atoms in total. The summed E-state index contributed by atoms with van der Waals surface area (Å²) < 4.78 is 40.1. The van der Waals surface area contributed by atoms with Crippen LogP contribution in [0, 0.1) is 11.3 Å². The van der Waals surface area contributed by atoms with E-state index in [9.17, 15) is 14.4 Å². The standard InChI is InChI=1S/C32H54N6O10/c1-32(2,3)27-6-8-36(24-27)31(41)33-7-10-42-12-14-44-16-18-46-20-22-48-23-21-47-19-17-45-15-13-43-11-9-37-25-28(34-35-37)26-38-29(39)4-5-30(38)40/h4-5,25,27H,6-24,26H2,1-3H3,(H,33,41)/t27-/m1/s1. The number of amides is 4. The predicted molar refractivity (Wildman–Crippen MR) is 173 cm³/mol. The number of hydrogen-bond donors (Lipinski definition) is 1. The normalized spacial score (nSPS) is 16.5. The van der Waals surface area contributed by atoms with Gasteiger partial charge in [-0.15, -0.1) is 5.10 Å². The molecular formula is C32H54N6O10. The summed E-state index contributed by atoms with van der Waals surface area (Å²) in [5, 5.41) is 10.9. The largest absolute Gasteiger partial charge is 0.377 e. The number of nitrogens with one attached hydrogen (secondary N) is 1. The zero-order valence-corrected chi connectivity index (χ0v) is 28.8. The summed E-state index contributed by atoms with van der Waals surface area (Å²) in [4.78, 5) is 38.5. The maximum atomic E-state index is 12.3. The molecule has 1 aromatic rings. The van der Waals surface area contributed by atoms with E-state index >= 15 is 0 Å². The van der Waals surface area contributed by atoms with Crippen molar-refractivity contribution < 1.29 is 47.5 Å². The van der Waals surface area contributed by atoms with Crippen LogP contribution in [0.5, 0.6) is 0 Å². The number of carbonyl (C=O) groups excluding carboxylic acids is 3. The maximum absolute atomic E-state index is 12.3. The molecule has 272 valence electrons. The second-order valence-electron chi connectivity index (χ2n) is 12.4. The Morgan fingerprint density at radius 3 is 1.73 bits per heavy atom. The Labute approximate surface area is 283 Å². The quantitative estimate of drug-likeness (QED) is 0.109. The molecule has 0 unspecified atom stereocenters. The third-order valence-electron chi connectivity index (χ3n) is 7.73. The number of nitrogens with zero attached hydrogens (tertiary/aromatic N) is 5. The maximum Gasteiger partial charge on any atom is 0.317 e. The summed E-state index contributed by atoms with van der Waals surface area (Å²) in [6.07, 6.45) is 5.23. The van der Waals surface area contributed by atoms with Crippen LogP contribution in [0.1, 0.15) is 32.9 Å². The van der Waals surface area contributed by atoms with Crippen molar-refractivity contribution in [1.82, 2.24) is 30.1 Å². The van der Waals surface area contributed by atoms with Crippen LogP contribution in [-0.2, 0) is 55.8 Å². The Kier molecular flexibility index (Phi) is 18.6. The van der Waals surface area contributed by atoms with E-state index in [4.69, 9.17) is 33.2 Å². The second-order valence-corrected chi connectivity index (χ2v) is 12.4. The Morgan fingerprint density at radius 1 is 0.771 bits per heavy atom. The van der Waals surface area contributed by atoms with E-state index in [1.807, 2.05) is 4.90 Å². The van der Waals surface area contributed by atoms with Gasteiger partial charge >= 0.3 is 6.03 Å². The van der Waals surface area contributed by atoms with Gasteiger partial charge in [0.25, 0.3) is 11.8 Å². The van der Waals surface area contributed by atoms with E-state index < -0.39 is 0 Å². The van der Waals surface area contributed by atoms with Crippen molar-refractivity contribution >= 4 is 17.8 Å². The molecule has 0 aromatic carbocycles. The highest BCUT2D eigenvalue weighted by atomic mass is 16.6. The van der Waals surface area contributed by atoms with Crippen LogP contribution >= 0.6 is 0 Å². The van der Waals surface area contributed by atoms with E-state index in [2.05, 4.69) is 36.4 Å². The minimum Gasteiger partial charge on any atom is -0.377 e. The van der Waals surface area contributed by atoms with Gasteiger partial charge in [-0.25, -0.2) is 9.48 Å². The number of carbonyl (C=O) groups is 3. The van der Waals surface area contributed by atoms with E-state index in [0.29, 0.717) is 117 Å². The topological polar surface area (TPSA) is 165 Å². The lowest BCUT2D eigenvalue weighted by molar-refractivity contribution is -0.137. The zero-order chi connectivity index (χ0) is 34.5. The summed E-state index contributed by atoms with van der Waals surface area (Å²) in [6.45, 7) is 15.9. The van der Waals surface area contributed by atoms with E-state index in [0.717, 1.165) is 24.4 Å². The Bertz CT molecular complexity index is 1090. The molecule has 16 heteroatoms. The lowest BCUT2D eigenvalue weighted by Gasteiger charge is -2.27. The Balaban J connectivity index is 0.972. The third kappa shape index (κ3) is 15.9. The zero-order valence-electron chi connectivity index (χ0n) is 28.8. The van der Waals surface area contributed by atoms with Gasteiger partial charge in [-0.05, 0) is 17.8 Å². The van der Waals surface area contributed by atoms with E-state index in [1.54, 1.807) is 10.9 Å². The molecule has 2 aliphatic rings. The van der Waals surface area contributed by atoms with Crippen LogP contribution in [0.25, 0.3) is 0 Å². The van der Waals surface area contributed by atoms with Gasteiger partial charge in [0, 0.05) is 31.8 Å². The van der Waals surface area contributed by atoms with E-state index in [1.165, 1.54) is 12.2 Å². The van der Waals surface area contributed by atoms with Crippen molar-refractivity contribution in [3.63, 3.8) is 0 Å². The van der Waals surface area contributed by atoms with Gasteiger partial charge in [-0.2, -0.15) is 0 Å². The molecule has 0 spiro atoms. The van der Waals surface area contributed by atoms with E-state index in [-0.39, 0.29) is 29.8 Å². The number of aromatic nitrogens is 3. The number of urea groups is 1. The average Bonchev–Trinajstić information content (AvgIpc) is 3.81. The number of hydrogen-bond acceptors (Lipinski definition) is 12. The van der Waals surface area contributed by atoms with Crippen LogP contribution < -0.4 is 5.32 Å². The molecule has 1 saturated heterocycles. The first-order valence-corrected chi connectivity index (χ1v) is 16.7. The predicted octanol–water partition coefficient (Wildman–Crippen LogP) is 0.897. The highest BCUT2D eigenvalue weighted by molar-refractivity contribution is 6.12. The first kappa shape index (κ1) is 39.4. The summed E-state index contributed by atoms with van der Waals surface area (Å²) in [5.41, 5.74) is 0.758. The molecule has 3 heterocycles. The van der Waals surface area contributed by atoms with Gasteiger partial charge in [-0.1, -0.05) is 26.0 Å². The molecule has 4 amide bonds. The SMILES string of the molecule is CC(C)(C)[C@@H]1CCN(C(=O)NCCOCCOCCOCCOCCOCCOCCOCCn2cc(CN3C(=O)C=CC3=O)nn2)C1. The third-order valence-corrected chi connectivity index (χ3v) is 7.73. The van der Waals surface area contributed by atoms with Crippen LogP contribution in [-0.4, -0.2) is 155 Å². The van der Waals surface area contributed by atoms with Crippen LogP contribution in [0.4, 0.5) is 4.79 Å². The smallest absolute Gasteiger partial charge is 0.317 e. The van der Waals surface area contributed by atoms with Crippen LogP contribution in [0.2, 0.25) is 0 Å². The monoisotopic (exact) mass is 682 g/mol. The van der Waals surface area contributed by atoms with Gasteiger partial charge < -0.3 is 43.4 Å². The lowest BCUT2D eigenvalue weighted by Crippen LogP contribution is -2.40. The molecule has 1 aromatic heterocycles. The minimum atomic E-state index is -0.349.